The largest absolute Gasteiger partial charge is 0.508 e. The van der Waals surface area contributed by atoms with E-state index in [4.69, 9.17) is 0 Å². The van der Waals surface area contributed by atoms with E-state index in [0.717, 1.165) is 32.5 Å². The van der Waals surface area contributed by atoms with Crippen LogP contribution < -0.4 is 0 Å². The Morgan fingerprint density at radius 2 is 1.61 bits per heavy atom. The molecule has 0 aliphatic heterocycles. The first-order valence-corrected chi connectivity index (χ1v) is 6.72. The van der Waals surface area contributed by atoms with Crippen molar-refractivity contribution in [2.24, 2.45) is 0 Å². The van der Waals surface area contributed by atoms with Crippen LogP contribution in [0.2, 0.25) is 0 Å². The third-order valence-corrected chi connectivity index (χ3v) is 2.92. The van der Waals surface area contributed by atoms with Crippen LogP contribution >= 0.6 is 0 Å². The van der Waals surface area contributed by atoms with Gasteiger partial charge < -0.3 is 10.0 Å². The maximum atomic E-state index is 12.0. The van der Waals surface area contributed by atoms with E-state index >= 15 is 0 Å². The predicted molar refractivity (Wildman–Crippen MR) is 74.1 cm³/mol. The van der Waals surface area contributed by atoms with Crippen molar-refractivity contribution in [3.63, 3.8) is 0 Å². The molecule has 0 aliphatic rings. The monoisotopic (exact) mass is 249 g/mol. The van der Waals surface area contributed by atoms with Gasteiger partial charge >= 0.3 is 0 Å². The standard InChI is InChI=1S/C15H23NO2/c1-3-10-16(11-4-2)12-9-15(18)13-5-7-14(17)8-6-13/h5-8,17H,3-4,9-12H2,1-2H3. The van der Waals surface area contributed by atoms with Gasteiger partial charge in [0.05, 0.1) is 0 Å². The van der Waals surface area contributed by atoms with Gasteiger partial charge in [-0.3, -0.25) is 4.79 Å². The first kappa shape index (κ1) is 14.7. The minimum atomic E-state index is 0.146. The Labute approximate surface area is 109 Å². The number of aromatic hydroxyl groups is 1. The van der Waals surface area contributed by atoms with Crippen molar-refractivity contribution in [1.29, 1.82) is 0 Å². The van der Waals surface area contributed by atoms with Crippen LogP contribution in [0.3, 0.4) is 0 Å². The molecule has 0 amide bonds. The number of nitrogens with zero attached hydrogens (tertiary/aromatic N) is 1. The van der Waals surface area contributed by atoms with E-state index < -0.39 is 0 Å². The summed E-state index contributed by atoms with van der Waals surface area (Å²) in [5.74, 6) is 0.345. The minimum absolute atomic E-state index is 0.146. The van der Waals surface area contributed by atoms with Crippen LogP contribution in [0, 0.1) is 0 Å². The number of hydrogen-bond donors (Lipinski definition) is 1. The van der Waals surface area contributed by atoms with Gasteiger partial charge in [0.2, 0.25) is 0 Å². The summed E-state index contributed by atoms with van der Waals surface area (Å²) in [4.78, 5) is 14.3. The summed E-state index contributed by atoms with van der Waals surface area (Å²) in [7, 11) is 0. The Balaban J connectivity index is 2.46. The van der Waals surface area contributed by atoms with E-state index in [0.29, 0.717) is 12.0 Å². The molecule has 1 aromatic carbocycles. The lowest BCUT2D eigenvalue weighted by Crippen LogP contribution is -2.28. The van der Waals surface area contributed by atoms with Crippen molar-refractivity contribution < 1.29 is 9.90 Å². The molecule has 0 bridgehead atoms. The fourth-order valence-corrected chi connectivity index (χ4v) is 2.02. The Hall–Kier alpha value is -1.35. The van der Waals surface area contributed by atoms with Gasteiger partial charge in [-0.2, -0.15) is 0 Å². The molecule has 0 fully saturated rings. The van der Waals surface area contributed by atoms with Crippen LogP contribution in [0.25, 0.3) is 0 Å². The van der Waals surface area contributed by atoms with E-state index in [1.807, 2.05) is 0 Å². The summed E-state index contributed by atoms with van der Waals surface area (Å²) < 4.78 is 0. The summed E-state index contributed by atoms with van der Waals surface area (Å²) in [6, 6.07) is 6.48. The zero-order valence-electron chi connectivity index (χ0n) is 11.4. The highest BCUT2D eigenvalue weighted by molar-refractivity contribution is 5.96. The molecule has 0 radical (unpaired) electrons. The summed E-state index contributed by atoms with van der Waals surface area (Å²) in [5, 5.41) is 9.18. The van der Waals surface area contributed by atoms with Crippen LogP contribution in [-0.4, -0.2) is 35.4 Å². The zero-order valence-corrected chi connectivity index (χ0v) is 11.4. The molecule has 0 heterocycles. The Morgan fingerprint density at radius 1 is 1.06 bits per heavy atom. The normalized spacial score (nSPS) is 10.8. The van der Waals surface area contributed by atoms with Gasteiger partial charge in [-0.1, -0.05) is 13.8 Å². The van der Waals surface area contributed by atoms with E-state index in [2.05, 4.69) is 18.7 Å². The van der Waals surface area contributed by atoms with Gasteiger partial charge in [0.1, 0.15) is 5.75 Å². The first-order chi connectivity index (χ1) is 8.67. The Kier molecular flexibility index (Phi) is 6.44. The van der Waals surface area contributed by atoms with Crippen molar-refractivity contribution >= 4 is 5.78 Å². The van der Waals surface area contributed by atoms with Crippen molar-refractivity contribution in [3.8, 4) is 5.75 Å². The summed E-state index contributed by atoms with van der Waals surface area (Å²) >= 11 is 0. The van der Waals surface area contributed by atoms with E-state index in [9.17, 15) is 9.90 Å². The molecule has 0 atom stereocenters. The first-order valence-electron chi connectivity index (χ1n) is 6.72. The number of rotatable bonds is 8. The number of benzene rings is 1. The van der Waals surface area contributed by atoms with Gasteiger partial charge in [0.25, 0.3) is 0 Å². The third kappa shape index (κ3) is 4.88. The van der Waals surface area contributed by atoms with Crippen molar-refractivity contribution in [2.75, 3.05) is 19.6 Å². The molecule has 0 unspecified atom stereocenters. The highest BCUT2D eigenvalue weighted by Crippen LogP contribution is 2.11. The predicted octanol–water partition coefficient (Wildman–Crippen LogP) is 3.09. The van der Waals surface area contributed by atoms with Crippen LogP contribution in [-0.2, 0) is 0 Å². The fraction of sp³-hybridized carbons (Fsp3) is 0.533. The van der Waals surface area contributed by atoms with Gasteiger partial charge in [-0.25, -0.2) is 0 Å². The molecule has 1 aromatic rings. The van der Waals surface area contributed by atoms with E-state index in [1.54, 1.807) is 24.3 Å². The molecule has 1 rings (SSSR count). The molecule has 0 aliphatic carbocycles. The van der Waals surface area contributed by atoms with Gasteiger partial charge in [0, 0.05) is 18.5 Å². The molecule has 0 aromatic heterocycles. The number of ketones is 1. The molecule has 3 nitrogen and oxygen atoms in total. The maximum absolute atomic E-state index is 12.0. The van der Waals surface area contributed by atoms with Crippen molar-refractivity contribution in [2.45, 2.75) is 33.1 Å². The van der Waals surface area contributed by atoms with Gasteiger partial charge in [-0.05, 0) is 50.2 Å². The van der Waals surface area contributed by atoms with E-state index in [1.165, 1.54) is 0 Å². The summed E-state index contributed by atoms with van der Waals surface area (Å²) in [6.45, 7) is 7.24. The minimum Gasteiger partial charge on any atom is -0.508 e. The van der Waals surface area contributed by atoms with Crippen LogP contribution in [0.5, 0.6) is 5.75 Å². The lowest BCUT2D eigenvalue weighted by molar-refractivity contribution is 0.0964. The Morgan fingerprint density at radius 3 is 2.11 bits per heavy atom. The number of carbonyl (C=O) groups excluding carboxylic acids is 1. The molecule has 0 spiro atoms. The molecule has 0 saturated carbocycles. The second-order valence-corrected chi connectivity index (χ2v) is 4.56. The van der Waals surface area contributed by atoms with Crippen molar-refractivity contribution in [1.82, 2.24) is 4.90 Å². The third-order valence-electron chi connectivity index (χ3n) is 2.92. The van der Waals surface area contributed by atoms with Crippen LogP contribution in [0.15, 0.2) is 24.3 Å². The molecule has 18 heavy (non-hydrogen) atoms. The average molecular weight is 249 g/mol. The Bertz CT molecular complexity index is 353. The smallest absolute Gasteiger partial charge is 0.164 e. The average Bonchev–Trinajstić information content (AvgIpc) is 2.37. The van der Waals surface area contributed by atoms with E-state index in [-0.39, 0.29) is 11.5 Å². The topological polar surface area (TPSA) is 40.5 Å². The molecular weight excluding hydrogens is 226 g/mol. The lowest BCUT2D eigenvalue weighted by atomic mass is 10.1. The van der Waals surface area contributed by atoms with Crippen molar-refractivity contribution in [3.05, 3.63) is 29.8 Å². The van der Waals surface area contributed by atoms with Gasteiger partial charge in [-0.15, -0.1) is 0 Å². The highest BCUT2D eigenvalue weighted by atomic mass is 16.3. The fourth-order valence-electron chi connectivity index (χ4n) is 2.02. The molecular formula is C15H23NO2. The molecule has 100 valence electrons. The quantitative estimate of drug-likeness (QED) is 0.720. The second-order valence-electron chi connectivity index (χ2n) is 4.56. The maximum Gasteiger partial charge on any atom is 0.164 e. The number of hydrogen-bond acceptors (Lipinski definition) is 3. The molecule has 3 heteroatoms. The lowest BCUT2D eigenvalue weighted by Gasteiger charge is -2.20. The number of carbonyl (C=O) groups is 1. The number of phenols is 1. The van der Waals surface area contributed by atoms with Gasteiger partial charge in [0.15, 0.2) is 5.78 Å². The zero-order chi connectivity index (χ0) is 13.4. The highest BCUT2D eigenvalue weighted by Gasteiger charge is 2.09. The number of phenolic OH excluding ortho intramolecular Hbond substituents is 1. The second kappa shape index (κ2) is 7.88. The van der Waals surface area contributed by atoms with Crippen LogP contribution in [0.1, 0.15) is 43.5 Å². The summed E-state index contributed by atoms with van der Waals surface area (Å²) in [6.07, 6.45) is 2.78. The number of Topliss-reactive ketones (excluding diaryl/α,β-unsaturated/α-hetero) is 1. The SMILES string of the molecule is CCCN(CCC)CCC(=O)c1ccc(O)cc1. The molecule has 1 N–H and O–H groups in total. The van der Waals surface area contributed by atoms with Crippen LogP contribution in [0.4, 0.5) is 0 Å². The summed E-state index contributed by atoms with van der Waals surface area (Å²) in [5.41, 5.74) is 0.681. The molecule has 0 saturated heterocycles.